The summed E-state index contributed by atoms with van der Waals surface area (Å²) >= 11 is 6.57. The summed E-state index contributed by atoms with van der Waals surface area (Å²) in [6.45, 7) is 0. The molecule has 0 amide bonds. The molecule has 0 saturated carbocycles. The molecule has 0 unspecified atom stereocenters. The van der Waals surface area contributed by atoms with Gasteiger partial charge in [-0.25, -0.2) is 4.98 Å². The van der Waals surface area contributed by atoms with Gasteiger partial charge in [0.15, 0.2) is 11.0 Å². The lowest BCUT2D eigenvalue weighted by Crippen LogP contribution is -2.09. The molecule has 0 aliphatic rings. The summed E-state index contributed by atoms with van der Waals surface area (Å²) in [7, 11) is 3.89. The number of aromatic nitrogens is 2. The molecular weight excluding hydrogens is 282 g/mol. The number of imidazole rings is 1. The van der Waals surface area contributed by atoms with Crippen LogP contribution in [0.15, 0.2) is 60.7 Å². The lowest BCUT2D eigenvalue weighted by molar-refractivity contribution is 1.07. The van der Waals surface area contributed by atoms with Crippen molar-refractivity contribution >= 4 is 17.4 Å². The summed E-state index contributed by atoms with van der Waals surface area (Å²) in [4.78, 5) is 6.64. The van der Waals surface area contributed by atoms with Crippen molar-refractivity contribution in [1.82, 2.24) is 9.55 Å². The molecule has 0 spiro atoms. The van der Waals surface area contributed by atoms with E-state index < -0.39 is 0 Å². The zero-order valence-electron chi connectivity index (χ0n) is 12.0. The molecule has 0 radical (unpaired) electrons. The van der Waals surface area contributed by atoms with Crippen LogP contribution in [0.1, 0.15) is 0 Å². The smallest absolute Gasteiger partial charge is 0.166 e. The lowest BCUT2D eigenvalue weighted by Gasteiger charge is -2.10. The SMILES string of the molecule is CN(C)c1nc(-c2ccccc2)n(-c2ccccc2)c1Cl. The molecular formula is C17H16ClN3. The van der Waals surface area contributed by atoms with Gasteiger partial charge >= 0.3 is 0 Å². The van der Waals surface area contributed by atoms with E-state index in [2.05, 4.69) is 0 Å². The minimum absolute atomic E-state index is 0.616. The highest BCUT2D eigenvalue weighted by Crippen LogP contribution is 2.33. The summed E-state index contributed by atoms with van der Waals surface area (Å²) in [5.41, 5.74) is 2.04. The standard InChI is InChI=1S/C17H16ClN3/c1-20(2)17-15(18)21(14-11-7-4-8-12-14)16(19-17)13-9-5-3-6-10-13/h3-12H,1-2H3. The highest BCUT2D eigenvalue weighted by molar-refractivity contribution is 6.32. The normalized spacial score (nSPS) is 10.6. The Morgan fingerprint density at radius 2 is 1.48 bits per heavy atom. The van der Waals surface area contributed by atoms with Crippen molar-refractivity contribution in [2.75, 3.05) is 19.0 Å². The lowest BCUT2D eigenvalue weighted by atomic mass is 10.2. The van der Waals surface area contributed by atoms with E-state index in [-0.39, 0.29) is 0 Å². The third-order valence-electron chi connectivity index (χ3n) is 3.27. The Morgan fingerprint density at radius 3 is 2.05 bits per heavy atom. The fraction of sp³-hybridized carbons (Fsp3) is 0.118. The first-order valence-corrected chi connectivity index (χ1v) is 7.12. The molecule has 0 atom stereocenters. The van der Waals surface area contributed by atoms with E-state index >= 15 is 0 Å². The first-order valence-electron chi connectivity index (χ1n) is 6.75. The van der Waals surface area contributed by atoms with E-state index in [1.165, 1.54) is 0 Å². The first-order chi connectivity index (χ1) is 10.2. The summed E-state index contributed by atoms with van der Waals surface area (Å²) in [6.07, 6.45) is 0. The van der Waals surface area contributed by atoms with Crippen LogP contribution < -0.4 is 4.90 Å². The molecule has 0 aliphatic carbocycles. The molecule has 21 heavy (non-hydrogen) atoms. The maximum atomic E-state index is 6.57. The maximum Gasteiger partial charge on any atom is 0.166 e. The van der Waals surface area contributed by atoms with Gasteiger partial charge in [-0.05, 0) is 12.1 Å². The number of nitrogens with zero attached hydrogens (tertiary/aromatic N) is 3. The van der Waals surface area contributed by atoms with Crippen LogP contribution in [0.3, 0.4) is 0 Å². The van der Waals surface area contributed by atoms with Crippen LogP contribution in [0.5, 0.6) is 0 Å². The van der Waals surface area contributed by atoms with Crippen LogP contribution in [-0.2, 0) is 0 Å². The van der Waals surface area contributed by atoms with Crippen molar-refractivity contribution in [2.24, 2.45) is 0 Å². The van der Waals surface area contributed by atoms with Crippen molar-refractivity contribution in [1.29, 1.82) is 0 Å². The molecule has 0 aliphatic heterocycles. The van der Waals surface area contributed by atoms with Gasteiger partial charge in [0.25, 0.3) is 0 Å². The molecule has 3 aromatic rings. The zero-order chi connectivity index (χ0) is 14.8. The minimum atomic E-state index is 0.616. The Balaban J connectivity index is 2.26. The molecule has 106 valence electrons. The van der Waals surface area contributed by atoms with Gasteiger partial charge < -0.3 is 4.90 Å². The number of halogens is 1. The molecule has 0 bridgehead atoms. The van der Waals surface area contributed by atoms with Gasteiger partial charge in [0.05, 0.1) is 0 Å². The second-order valence-electron chi connectivity index (χ2n) is 4.98. The largest absolute Gasteiger partial charge is 0.360 e. The van der Waals surface area contributed by atoms with Crippen LogP contribution in [0.4, 0.5) is 5.82 Å². The molecule has 4 heteroatoms. The number of anilines is 1. The van der Waals surface area contributed by atoms with Crippen LogP contribution in [0, 0.1) is 0 Å². The Kier molecular flexibility index (Phi) is 3.67. The van der Waals surface area contributed by atoms with Crippen molar-refractivity contribution in [3.8, 4) is 17.1 Å². The molecule has 1 heterocycles. The van der Waals surface area contributed by atoms with E-state index in [0.717, 1.165) is 22.9 Å². The molecule has 3 nitrogen and oxygen atoms in total. The molecule has 2 aromatic carbocycles. The van der Waals surface area contributed by atoms with Gasteiger partial charge in [-0.3, -0.25) is 4.57 Å². The van der Waals surface area contributed by atoms with Crippen molar-refractivity contribution in [3.05, 3.63) is 65.8 Å². The molecule has 3 rings (SSSR count). The average molecular weight is 298 g/mol. The molecule has 0 fully saturated rings. The topological polar surface area (TPSA) is 21.1 Å². The number of hydrogen-bond donors (Lipinski definition) is 0. The van der Waals surface area contributed by atoms with Crippen molar-refractivity contribution in [2.45, 2.75) is 0 Å². The highest BCUT2D eigenvalue weighted by atomic mass is 35.5. The predicted octanol–water partition coefficient (Wildman–Crippen LogP) is 4.26. The second kappa shape index (κ2) is 5.62. The first kappa shape index (κ1) is 13.7. The highest BCUT2D eigenvalue weighted by Gasteiger charge is 2.19. The zero-order valence-corrected chi connectivity index (χ0v) is 12.7. The Labute approximate surface area is 129 Å². The Hall–Kier alpha value is -2.26. The number of rotatable bonds is 3. The van der Waals surface area contributed by atoms with Gasteiger partial charge in [0.2, 0.25) is 0 Å². The summed E-state index contributed by atoms with van der Waals surface area (Å²) < 4.78 is 1.98. The fourth-order valence-corrected chi connectivity index (χ4v) is 2.66. The van der Waals surface area contributed by atoms with Crippen LogP contribution in [-0.4, -0.2) is 23.6 Å². The van der Waals surface area contributed by atoms with Crippen molar-refractivity contribution < 1.29 is 0 Å². The van der Waals surface area contributed by atoms with Crippen LogP contribution in [0.25, 0.3) is 17.1 Å². The summed E-state index contributed by atoms with van der Waals surface area (Å²) in [5.74, 6) is 1.61. The summed E-state index contributed by atoms with van der Waals surface area (Å²) in [5, 5.41) is 0.616. The van der Waals surface area contributed by atoms with E-state index in [9.17, 15) is 0 Å². The van der Waals surface area contributed by atoms with Gasteiger partial charge in [-0.1, -0.05) is 60.1 Å². The molecule has 1 aromatic heterocycles. The molecule has 0 N–H and O–H groups in total. The molecule has 0 saturated heterocycles. The van der Waals surface area contributed by atoms with Gasteiger partial charge in [-0.15, -0.1) is 0 Å². The van der Waals surface area contributed by atoms with Crippen molar-refractivity contribution in [3.63, 3.8) is 0 Å². The number of benzene rings is 2. The predicted molar refractivity (Wildman–Crippen MR) is 88.3 cm³/mol. The monoisotopic (exact) mass is 297 g/mol. The second-order valence-corrected chi connectivity index (χ2v) is 5.34. The van der Waals surface area contributed by atoms with E-state index in [0.29, 0.717) is 5.15 Å². The quantitative estimate of drug-likeness (QED) is 0.720. The minimum Gasteiger partial charge on any atom is -0.360 e. The van der Waals surface area contributed by atoms with E-state index in [4.69, 9.17) is 16.6 Å². The number of para-hydroxylation sites is 1. The van der Waals surface area contributed by atoms with Gasteiger partial charge in [0.1, 0.15) is 5.82 Å². The summed E-state index contributed by atoms with van der Waals surface area (Å²) in [6, 6.07) is 20.1. The average Bonchev–Trinajstić information content (AvgIpc) is 2.87. The van der Waals surface area contributed by atoms with Crippen LogP contribution >= 0.6 is 11.6 Å². The fourth-order valence-electron chi connectivity index (χ4n) is 2.27. The van der Waals surface area contributed by atoms with Gasteiger partial charge in [0, 0.05) is 25.3 Å². The Morgan fingerprint density at radius 1 is 0.905 bits per heavy atom. The third kappa shape index (κ3) is 2.52. The third-order valence-corrected chi connectivity index (χ3v) is 3.61. The van der Waals surface area contributed by atoms with E-state index in [1.807, 2.05) is 84.2 Å². The van der Waals surface area contributed by atoms with Crippen LogP contribution in [0.2, 0.25) is 5.15 Å². The Bertz CT molecular complexity index is 733. The maximum absolute atomic E-state index is 6.57. The van der Waals surface area contributed by atoms with E-state index in [1.54, 1.807) is 0 Å². The van der Waals surface area contributed by atoms with Gasteiger partial charge in [-0.2, -0.15) is 0 Å². The number of hydrogen-bond acceptors (Lipinski definition) is 2.